The molecular formula is C22H25NO4. The molecule has 1 N–H and O–H groups in total. The zero-order valence-corrected chi connectivity index (χ0v) is 15.8. The minimum Gasteiger partial charge on any atom is -0.497 e. The van der Waals surface area contributed by atoms with Crippen LogP contribution in [0.1, 0.15) is 52.9 Å². The number of esters is 1. The molecule has 0 fully saturated rings. The van der Waals surface area contributed by atoms with Crippen LogP contribution in [0.15, 0.2) is 42.5 Å². The highest BCUT2D eigenvalue weighted by molar-refractivity contribution is 5.91. The third-order valence-corrected chi connectivity index (χ3v) is 4.91. The summed E-state index contributed by atoms with van der Waals surface area (Å²) in [4.78, 5) is 24.2. The molecule has 5 nitrogen and oxygen atoms in total. The Labute approximate surface area is 159 Å². The summed E-state index contributed by atoms with van der Waals surface area (Å²) in [6.45, 7) is 1.63. The van der Waals surface area contributed by atoms with Gasteiger partial charge in [0.2, 0.25) is 0 Å². The number of benzene rings is 2. The Hall–Kier alpha value is -2.82. The predicted octanol–water partition coefficient (Wildman–Crippen LogP) is 3.61. The zero-order chi connectivity index (χ0) is 19.2. The fourth-order valence-corrected chi connectivity index (χ4v) is 3.33. The molecule has 0 radical (unpaired) electrons. The number of ether oxygens (including phenoxy) is 2. The first-order valence-corrected chi connectivity index (χ1v) is 9.29. The van der Waals surface area contributed by atoms with Gasteiger partial charge >= 0.3 is 5.97 Å². The average Bonchev–Trinajstić information content (AvgIpc) is 2.71. The van der Waals surface area contributed by atoms with E-state index < -0.39 is 5.97 Å². The molecule has 1 unspecified atom stereocenters. The number of aryl methyl sites for hydroxylation is 2. The maximum Gasteiger partial charge on any atom is 0.338 e. The van der Waals surface area contributed by atoms with Gasteiger partial charge in [0.25, 0.3) is 5.91 Å². The molecule has 0 bridgehead atoms. The van der Waals surface area contributed by atoms with E-state index in [9.17, 15) is 9.59 Å². The van der Waals surface area contributed by atoms with Crippen molar-refractivity contribution in [3.63, 3.8) is 0 Å². The number of hydrogen-bond donors (Lipinski definition) is 1. The number of fused-ring (bicyclic) bond motifs is 1. The largest absolute Gasteiger partial charge is 0.497 e. The molecule has 0 aliphatic heterocycles. The number of rotatable bonds is 6. The summed E-state index contributed by atoms with van der Waals surface area (Å²) in [6.07, 6.45) is 4.71. The lowest BCUT2D eigenvalue weighted by Crippen LogP contribution is -2.31. The zero-order valence-electron chi connectivity index (χ0n) is 15.8. The van der Waals surface area contributed by atoms with Gasteiger partial charge in [-0.2, -0.15) is 0 Å². The molecular weight excluding hydrogens is 342 g/mol. The first-order chi connectivity index (χ1) is 13.1. The van der Waals surface area contributed by atoms with E-state index in [1.807, 2.05) is 6.92 Å². The van der Waals surface area contributed by atoms with Crippen molar-refractivity contribution >= 4 is 11.9 Å². The smallest absolute Gasteiger partial charge is 0.338 e. The van der Waals surface area contributed by atoms with Crippen LogP contribution in [-0.4, -0.2) is 25.6 Å². The van der Waals surface area contributed by atoms with Gasteiger partial charge < -0.3 is 14.8 Å². The average molecular weight is 367 g/mol. The van der Waals surface area contributed by atoms with Crippen molar-refractivity contribution in [1.82, 2.24) is 5.32 Å². The highest BCUT2D eigenvalue weighted by Gasteiger charge is 2.15. The summed E-state index contributed by atoms with van der Waals surface area (Å²) in [5.41, 5.74) is 4.25. The SMILES string of the molecule is COc1ccc(C(=O)OCC(=O)NC(C)c2ccc3c(c2)CCCC3)cc1. The summed E-state index contributed by atoms with van der Waals surface area (Å²) in [5.74, 6) is -0.195. The second kappa shape index (κ2) is 8.71. The third kappa shape index (κ3) is 4.88. The molecule has 0 heterocycles. The van der Waals surface area contributed by atoms with Crippen molar-refractivity contribution in [2.75, 3.05) is 13.7 Å². The number of nitrogens with one attached hydrogen (secondary N) is 1. The molecule has 0 saturated carbocycles. The minimum atomic E-state index is -0.533. The molecule has 2 aromatic carbocycles. The van der Waals surface area contributed by atoms with Gasteiger partial charge in [-0.15, -0.1) is 0 Å². The van der Waals surface area contributed by atoms with Crippen LogP contribution in [0.3, 0.4) is 0 Å². The lowest BCUT2D eigenvalue weighted by Gasteiger charge is -2.20. The molecule has 5 heteroatoms. The van der Waals surface area contributed by atoms with Gasteiger partial charge in [-0.3, -0.25) is 4.79 Å². The highest BCUT2D eigenvalue weighted by Crippen LogP contribution is 2.24. The first kappa shape index (κ1) is 19.0. The van der Waals surface area contributed by atoms with Crippen LogP contribution < -0.4 is 10.1 Å². The Morgan fingerprint density at radius 3 is 2.44 bits per heavy atom. The van der Waals surface area contributed by atoms with E-state index in [1.165, 1.54) is 24.0 Å². The van der Waals surface area contributed by atoms with Crippen LogP contribution >= 0.6 is 0 Å². The Bertz CT molecular complexity index is 814. The molecule has 27 heavy (non-hydrogen) atoms. The summed E-state index contributed by atoms with van der Waals surface area (Å²) in [6, 6.07) is 12.8. The monoisotopic (exact) mass is 367 g/mol. The van der Waals surface area contributed by atoms with Crippen molar-refractivity contribution in [2.45, 2.75) is 38.6 Å². The highest BCUT2D eigenvalue weighted by atomic mass is 16.5. The van der Waals surface area contributed by atoms with Crippen molar-refractivity contribution in [3.05, 3.63) is 64.7 Å². The Morgan fingerprint density at radius 1 is 1.04 bits per heavy atom. The lowest BCUT2D eigenvalue weighted by molar-refractivity contribution is -0.124. The quantitative estimate of drug-likeness (QED) is 0.792. The van der Waals surface area contributed by atoms with Gasteiger partial charge in [0.15, 0.2) is 6.61 Å². The fraction of sp³-hybridized carbons (Fsp3) is 0.364. The second-order valence-electron chi connectivity index (χ2n) is 6.83. The molecule has 3 rings (SSSR count). The van der Waals surface area contributed by atoms with Crippen LogP contribution in [0, 0.1) is 0 Å². The summed E-state index contributed by atoms with van der Waals surface area (Å²) in [7, 11) is 1.56. The van der Waals surface area contributed by atoms with E-state index in [0.717, 1.165) is 18.4 Å². The van der Waals surface area contributed by atoms with E-state index >= 15 is 0 Å². The molecule has 0 saturated heterocycles. The predicted molar refractivity (Wildman–Crippen MR) is 103 cm³/mol. The maximum atomic E-state index is 12.1. The molecule has 142 valence electrons. The van der Waals surface area contributed by atoms with Gasteiger partial charge in [0, 0.05) is 0 Å². The first-order valence-electron chi connectivity index (χ1n) is 9.29. The normalized spacial score (nSPS) is 14.0. The fourth-order valence-electron chi connectivity index (χ4n) is 3.33. The van der Waals surface area contributed by atoms with E-state index in [2.05, 4.69) is 23.5 Å². The van der Waals surface area contributed by atoms with Crippen LogP contribution in [0.2, 0.25) is 0 Å². The van der Waals surface area contributed by atoms with Crippen LogP contribution in [0.25, 0.3) is 0 Å². The Balaban J connectivity index is 1.51. The van der Waals surface area contributed by atoms with Gasteiger partial charge in [-0.1, -0.05) is 18.2 Å². The van der Waals surface area contributed by atoms with Crippen molar-refractivity contribution in [1.29, 1.82) is 0 Å². The number of hydrogen-bond acceptors (Lipinski definition) is 4. The Morgan fingerprint density at radius 2 is 1.74 bits per heavy atom. The van der Waals surface area contributed by atoms with E-state index in [4.69, 9.17) is 9.47 Å². The van der Waals surface area contributed by atoms with E-state index in [0.29, 0.717) is 11.3 Å². The topological polar surface area (TPSA) is 64.6 Å². The Kier molecular flexibility index (Phi) is 6.12. The second-order valence-corrected chi connectivity index (χ2v) is 6.83. The number of methoxy groups -OCH3 is 1. The lowest BCUT2D eigenvalue weighted by atomic mass is 9.89. The number of amides is 1. The molecule has 0 spiro atoms. The van der Waals surface area contributed by atoms with Crippen molar-refractivity contribution in [3.8, 4) is 5.75 Å². The van der Waals surface area contributed by atoms with Crippen LogP contribution in [0.5, 0.6) is 5.75 Å². The maximum absolute atomic E-state index is 12.1. The van der Waals surface area contributed by atoms with Crippen LogP contribution in [0.4, 0.5) is 0 Å². The molecule has 1 aliphatic rings. The summed E-state index contributed by atoms with van der Waals surface area (Å²) >= 11 is 0. The van der Waals surface area contributed by atoms with Gasteiger partial charge in [0.1, 0.15) is 5.75 Å². The van der Waals surface area contributed by atoms with E-state index in [-0.39, 0.29) is 18.6 Å². The minimum absolute atomic E-state index is 0.135. The summed E-state index contributed by atoms with van der Waals surface area (Å²) < 4.78 is 10.2. The molecule has 2 aromatic rings. The molecule has 1 atom stereocenters. The van der Waals surface area contributed by atoms with Gasteiger partial charge in [-0.05, 0) is 73.6 Å². The summed E-state index contributed by atoms with van der Waals surface area (Å²) in [5, 5.41) is 2.89. The van der Waals surface area contributed by atoms with Crippen molar-refractivity contribution < 1.29 is 19.1 Å². The number of carbonyl (C=O) groups excluding carboxylic acids is 2. The molecule has 0 aromatic heterocycles. The third-order valence-electron chi connectivity index (χ3n) is 4.91. The van der Waals surface area contributed by atoms with Gasteiger partial charge in [0.05, 0.1) is 18.7 Å². The molecule has 1 amide bonds. The number of carbonyl (C=O) groups is 2. The van der Waals surface area contributed by atoms with Crippen LogP contribution in [-0.2, 0) is 22.4 Å². The van der Waals surface area contributed by atoms with Crippen molar-refractivity contribution in [2.24, 2.45) is 0 Å². The van der Waals surface area contributed by atoms with Gasteiger partial charge in [-0.25, -0.2) is 4.79 Å². The standard InChI is InChI=1S/C22H25NO4/c1-15(18-8-7-16-5-3-4-6-19(16)13-18)23-21(24)14-27-22(25)17-9-11-20(26-2)12-10-17/h7-13,15H,3-6,14H2,1-2H3,(H,23,24). The molecule has 1 aliphatic carbocycles. The van der Waals surface area contributed by atoms with E-state index in [1.54, 1.807) is 31.4 Å².